The topological polar surface area (TPSA) is 12.0 Å². The van der Waals surface area contributed by atoms with E-state index in [0.29, 0.717) is 6.04 Å². The largest absolute Gasteiger partial charge is 0.313 e. The van der Waals surface area contributed by atoms with E-state index in [9.17, 15) is 0 Å². The lowest BCUT2D eigenvalue weighted by Gasteiger charge is -2.20. The van der Waals surface area contributed by atoms with Crippen LogP contribution in [0.1, 0.15) is 27.2 Å². The van der Waals surface area contributed by atoms with E-state index in [2.05, 4.69) is 32.3 Å². The van der Waals surface area contributed by atoms with E-state index < -0.39 is 0 Å². The lowest BCUT2D eigenvalue weighted by atomic mass is 10.0. The van der Waals surface area contributed by atoms with Crippen LogP contribution in [0.2, 0.25) is 0 Å². The van der Waals surface area contributed by atoms with Gasteiger partial charge in [0.2, 0.25) is 0 Å². The fourth-order valence-corrected chi connectivity index (χ4v) is 1.52. The van der Waals surface area contributed by atoms with Crippen LogP contribution in [0, 0.1) is 5.92 Å². The standard InChI is InChI=1S/C9H21NS/c1-5-9(8(2)3)10-6-7-11-4/h8-10H,5-7H2,1-4H3. The maximum atomic E-state index is 3.55. The van der Waals surface area contributed by atoms with Crippen LogP contribution in [0.15, 0.2) is 0 Å². The summed E-state index contributed by atoms with van der Waals surface area (Å²) in [6, 6.07) is 0.710. The molecule has 1 nitrogen and oxygen atoms in total. The molecule has 0 saturated carbocycles. The Kier molecular flexibility index (Phi) is 7.18. The van der Waals surface area contributed by atoms with Crippen LogP contribution in [-0.2, 0) is 0 Å². The summed E-state index contributed by atoms with van der Waals surface area (Å²) in [5.41, 5.74) is 0. The maximum Gasteiger partial charge on any atom is 0.00877 e. The van der Waals surface area contributed by atoms with Crippen molar-refractivity contribution in [3.05, 3.63) is 0 Å². The molecule has 0 aromatic rings. The van der Waals surface area contributed by atoms with Crippen LogP contribution in [0.4, 0.5) is 0 Å². The molecule has 2 heteroatoms. The molecule has 1 N–H and O–H groups in total. The van der Waals surface area contributed by atoms with E-state index in [4.69, 9.17) is 0 Å². The van der Waals surface area contributed by atoms with E-state index in [-0.39, 0.29) is 0 Å². The molecule has 0 aromatic carbocycles. The summed E-state index contributed by atoms with van der Waals surface area (Å²) in [4.78, 5) is 0. The van der Waals surface area contributed by atoms with Gasteiger partial charge in [0.15, 0.2) is 0 Å². The number of hydrogen-bond donors (Lipinski definition) is 1. The smallest absolute Gasteiger partial charge is 0.00877 e. The van der Waals surface area contributed by atoms with Crippen molar-refractivity contribution in [2.75, 3.05) is 18.6 Å². The first-order valence-electron chi connectivity index (χ1n) is 4.44. The molecule has 0 amide bonds. The summed E-state index contributed by atoms with van der Waals surface area (Å²) >= 11 is 1.90. The minimum absolute atomic E-state index is 0.710. The van der Waals surface area contributed by atoms with Crippen molar-refractivity contribution in [1.29, 1.82) is 0 Å². The minimum Gasteiger partial charge on any atom is -0.313 e. The molecule has 0 saturated heterocycles. The summed E-state index contributed by atoms with van der Waals surface area (Å²) in [5, 5.41) is 3.55. The highest BCUT2D eigenvalue weighted by Gasteiger charge is 2.08. The third kappa shape index (κ3) is 5.57. The van der Waals surface area contributed by atoms with Gasteiger partial charge in [-0.1, -0.05) is 20.8 Å². The SMILES string of the molecule is CCC(NCCSC)C(C)C. The monoisotopic (exact) mass is 175 g/mol. The summed E-state index contributed by atoms with van der Waals surface area (Å²) in [7, 11) is 0. The zero-order valence-electron chi connectivity index (χ0n) is 8.18. The molecule has 0 aliphatic carbocycles. The van der Waals surface area contributed by atoms with Crippen LogP contribution in [0.3, 0.4) is 0 Å². The van der Waals surface area contributed by atoms with Gasteiger partial charge in [-0.3, -0.25) is 0 Å². The predicted molar refractivity (Wildman–Crippen MR) is 55.3 cm³/mol. The second-order valence-corrected chi connectivity index (χ2v) is 4.19. The number of rotatable bonds is 6. The quantitative estimate of drug-likeness (QED) is 0.622. The van der Waals surface area contributed by atoms with Crippen LogP contribution < -0.4 is 5.32 Å². The Morgan fingerprint density at radius 3 is 2.36 bits per heavy atom. The normalized spacial score (nSPS) is 13.9. The Balaban J connectivity index is 3.36. The number of nitrogens with one attached hydrogen (secondary N) is 1. The molecule has 11 heavy (non-hydrogen) atoms. The second kappa shape index (κ2) is 6.99. The molecule has 1 unspecified atom stereocenters. The lowest BCUT2D eigenvalue weighted by Crippen LogP contribution is -2.34. The zero-order valence-corrected chi connectivity index (χ0v) is 9.00. The summed E-state index contributed by atoms with van der Waals surface area (Å²) < 4.78 is 0. The van der Waals surface area contributed by atoms with Gasteiger partial charge < -0.3 is 5.32 Å². The average molecular weight is 175 g/mol. The van der Waals surface area contributed by atoms with Crippen molar-refractivity contribution in [3.8, 4) is 0 Å². The highest BCUT2D eigenvalue weighted by molar-refractivity contribution is 7.98. The van der Waals surface area contributed by atoms with Gasteiger partial charge in [0.05, 0.1) is 0 Å². The van der Waals surface area contributed by atoms with E-state index in [1.807, 2.05) is 11.8 Å². The van der Waals surface area contributed by atoms with Crippen LogP contribution in [0.5, 0.6) is 0 Å². The summed E-state index contributed by atoms with van der Waals surface area (Å²) in [6.07, 6.45) is 3.39. The molecule has 0 aliphatic rings. The summed E-state index contributed by atoms with van der Waals surface area (Å²) in [6.45, 7) is 7.95. The van der Waals surface area contributed by atoms with Crippen molar-refractivity contribution in [3.63, 3.8) is 0 Å². The molecule has 1 atom stereocenters. The third-order valence-electron chi connectivity index (χ3n) is 1.96. The van der Waals surface area contributed by atoms with Crippen LogP contribution in [-0.4, -0.2) is 24.6 Å². The highest BCUT2D eigenvalue weighted by atomic mass is 32.2. The van der Waals surface area contributed by atoms with Crippen molar-refractivity contribution >= 4 is 11.8 Å². The number of thioether (sulfide) groups is 1. The molecule has 0 radical (unpaired) electrons. The molecule has 0 aromatic heterocycles. The molecule has 0 aliphatic heterocycles. The Morgan fingerprint density at radius 2 is 2.00 bits per heavy atom. The lowest BCUT2D eigenvalue weighted by molar-refractivity contribution is 0.398. The highest BCUT2D eigenvalue weighted by Crippen LogP contribution is 2.04. The van der Waals surface area contributed by atoms with Gasteiger partial charge in [-0.25, -0.2) is 0 Å². The van der Waals surface area contributed by atoms with E-state index in [0.717, 1.165) is 12.5 Å². The molecular formula is C9H21NS. The summed E-state index contributed by atoms with van der Waals surface area (Å²) in [5.74, 6) is 1.99. The Hall–Kier alpha value is 0.310. The first-order chi connectivity index (χ1) is 5.22. The maximum absolute atomic E-state index is 3.55. The van der Waals surface area contributed by atoms with Gasteiger partial charge >= 0.3 is 0 Å². The number of hydrogen-bond acceptors (Lipinski definition) is 2. The Bertz CT molecular complexity index is 83.6. The van der Waals surface area contributed by atoms with E-state index >= 15 is 0 Å². The van der Waals surface area contributed by atoms with E-state index in [1.54, 1.807) is 0 Å². The van der Waals surface area contributed by atoms with E-state index in [1.165, 1.54) is 12.2 Å². The predicted octanol–water partition coefficient (Wildman–Crippen LogP) is 2.37. The molecule has 0 spiro atoms. The minimum atomic E-state index is 0.710. The average Bonchev–Trinajstić information content (AvgIpc) is 1.97. The Morgan fingerprint density at radius 1 is 1.36 bits per heavy atom. The molecule has 0 fully saturated rings. The fourth-order valence-electron chi connectivity index (χ4n) is 1.20. The van der Waals surface area contributed by atoms with Crippen LogP contribution in [0.25, 0.3) is 0 Å². The first-order valence-corrected chi connectivity index (χ1v) is 5.84. The van der Waals surface area contributed by atoms with Gasteiger partial charge in [0.25, 0.3) is 0 Å². The Labute approximate surface area is 75.3 Å². The van der Waals surface area contributed by atoms with Gasteiger partial charge in [-0.05, 0) is 18.6 Å². The van der Waals surface area contributed by atoms with Crippen molar-refractivity contribution in [2.24, 2.45) is 5.92 Å². The van der Waals surface area contributed by atoms with Crippen molar-refractivity contribution < 1.29 is 0 Å². The van der Waals surface area contributed by atoms with Crippen LogP contribution >= 0.6 is 11.8 Å². The third-order valence-corrected chi connectivity index (χ3v) is 2.57. The second-order valence-electron chi connectivity index (χ2n) is 3.21. The molecule has 0 rings (SSSR count). The van der Waals surface area contributed by atoms with Crippen molar-refractivity contribution in [1.82, 2.24) is 5.32 Å². The van der Waals surface area contributed by atoms with Gasteiger partial charge in [-0.15, -0.1) is 0 Å². The zero-order chi connectivity index (χ0) is 8.69. The van der Waals surface area contributed by atoms with Crippen molar-refractivity contribution in [2.45, 2.75) is 33.2 Å². The van der Waals surface area contributed by atoms with Gasteiger partial charge in [0.1, 0.15) is 0 Å². The molecule has 68 valence electrons. The fraction of sp³-hybridized carbons (Fsp3) is 1.00. The first kappa shape index (κ1) is 11.3. The van der Waals surface area contributed by atoms with Gasteiger partial charge in [0, 0.05) is 18.3 Å². The molecule has 0 bridgehead atoms. The van der Waals surface area contributed by atoms with Gasteiger partial charge in [-0.2, -0.15) is 11.8 Å². The molecule has 0 heterocycles. The molecular weight excluding hydrogens is 154 g/mol.